The van der Waals surface area contributed by atoms with Gasteiger partial charge in [-0.25, -0.2) is 0 Å². The van der Waals surface area contributed by atoms with Crippen LogP contribution in [0.25, 0.3) is 0 Å². The molecule has 1 saturated heterocycles. The Bertz CT molecular complexity index is 182. The molecule has 3 nitrogen and oxygen atoms in total. The third kappa shape index (κ3) is 2.99. The lowest BCUT2D eigenvalue weighted by Crippen LogP contribution is -2.32. The van der Waals surface area contributed by atoms with Crippen molar-refractivity contribution >= 4 is 5.91 Å². The van der Waals surface area contributed by atoms with Gasteiger partial charge in [0.25, 0.3) is 0 Å². The minimum absolute atomic E-state index is 0.209. The van der Waals surface area contributed by atoms with Crippen molar-refractivity contribution in [1.29, 1.82) is 0 Å². The molecule has 13 heavy (non-hydrogen) atoms. The van der Waals surface area contributed by atoms with E-state index in [9.17, 15) is 4.79 Å². The highest BCUT2D eigenvalue weighted by Gasteiger charge is 2.23. The number of hydrogen-bond donors (Lipinski definition) is 1. The molecule has 2 atom stereocenters. The van der Waals surface area contributed by atoms with Crippen molar-refractivity contribution < 1.29 is 4.79 Å². The summed E-state index contributed by atoms with van der Waals surface area (Å²) >= 11 is 0. The summed E-state index contributed by atoms with van der Waals surface area (Å²) in [6, 6.07) is 0.209. The molecule has 0 bridgehead atoms. The SMILES string of the molecule is CCC(C)CC(=O)N1CC[C@H](N)C1. The van der Waals surface area contributed by atoms with E-state index in [0.717, 1.165) is 25.9 Å². The molecule has 0 aromatic rings. The summed E-state index contributed by atoms with van der Waals surface area (Å²) in [5.74, 6) is 0.784. The quantitative estimate of drug-likeness (QED) is 0.710. The molecule has 0 radical (unpaired) electrons. The Morgan fingerprint density at radius 1 is 1.69 bits per heavy atom. The van der Waals surface area contributed by atoms with Crippen LogP contribution in [0.3, 0.4) is 0 Å². The second-order valence-electron chi connectivity index (χ2n) is 4.11. The molecule has 76 valence electrons. The fraction of sp³-hybridized carbons (Fsp3) is 0.900. The van der Waals surface area contributed by atoms with Crippen molar-refractivity contribution in [2.24, 2.45) is 11.7 Å². The van der Waals surface area contributed by atoms with Gasteiger partial charge in [0.15, 0.2) is 0 Å². The lowest BCUT2D eigenvalue weighted by molar-refractivity contribution is -0.131. The van der Waals surface area contributed by atoms with Crippen molar-refractivity contribution in [1.82, 2.24) is 4.90 Å². The highest BCUT2D eigenvalue weighted by molar-refractivity contribution is 5.76. The van der Waals surface area contributed by atoms with E-state index < -0.39 is 0 Å². The number of nitrogens with two attached hydrogens (primary N) is 1. The van der Waals surface area contributed by atoms with Crippen molar-refractivity contribution in [3.05, 3.63) is 0 Å². The summed E-state index contributed by atoms with van der Waals surface area (Å²) in [6.45, 7) is 5.85. The zero-order valence-corrected chi connectivity index (χ0v) is 8.62. The van der Waals surface area contributed by atoms with E-state index in [1.807, 2.05) is 4.90 Å². The van der Waals surface area contributed by atoms with Gasteiger partial charge in [-0.1, -0.05) is 20.3 Å². The van der Waals surface area contributed by atoms with Crippen molar-refractivity contribution in [2.75, 3.05) is 13.1 Å². The molecular formula is C10H20N2O. The highest BCUT2D eigenvalue weighted by atomic mass is 16.2. The molecule has 1 fully saturated rings. The Labute approximate surface area is 80.3 Å². The topological polar surface area (TPSA) is 46.3 Å². The maximum atomic E-state index is 11.6. The third-order valence-corrected chi connectivity index (χ3v) is 2.80. The van der Waals surface area contributed by atoms with Crippen molar-refractivity contribution in [2.45, 2.75) is 39.2 Å². The Kier molecular flexibility index (Phi) is 3.72. The predicted octanol–water partition coefficient (Wildman–Crippen LogP) is 0.982. The highest BCUT2D eigenvalue weighted by Crippen LogP contribution is 2.13. The molecular weight excluding hydrogens is 164 g/mol. The van der Waals surface area contributed by atoms with Crippen LogP contribution >= 0.6 is 0 Å². The number of carbonyl (C=O) groups is 1. The molecule has 3 heteroatoms. The van der Waals surface area contributed by atoms with Gasteiger partial charge < -0.3 is 10.6 Å². The van der Waals surface area contributed by atoms with Gasteiger partial charge in [-0.3, -0.25) is 4.79 Å². The van der Waals surface area contributed by atoms with Gasteiger partial charge in [-0.2, -0.15) is 0 Å². The molecule has 0 spiro atoms. The molecule has 0 saturated carbocycles. The standard InChI is InChI=1S/C10H20N2O/c1-3-8(2)6-10(13)12-5-4-9(11)7-12/h8-9H,3-7,11H2,1-2H3/t8?,9-/m0/s1. The Hall–Kier alpha value is -0.570. The summed E-state index contributed by atoms with van der Waals surface area (Å²) in [6.07, 6.45) is 2.72. The summed E-state index contributed by atoms with van der Waals surface area (Å²) in [5, 5.41) is 0. The molecule has 2 N–H and O–H groups in total. The first kappa shape index (κ1) is 10.5. The predicted molar refractivity (Wildman–Crippen MR) is 53.2 cm³/mol. The van der Waals surface area contributed by atoms with E-state index in [-0.39, 0.29) is 11.9 Å². The van der Waals surface area contributed by atoms with E-state index in [0.29, 0.717) is 12.3 Å². The summed E-state index contributed by atoms with van der Waals surface area (Å²) < 4.78 is 0. The van der Waals surface area contributed by atoms with Crippen LogP contribution in [0.15, 0.2) is 0 Å². The van der Waals surface area contributed by atoms with Crippen LogP contribution < -0.4 is 5.73 Å². The number of rotatable bonds is 3. The Balaban J connectivity index is 2.31. The zero-order chi connectivity index (χ0) is 9.84. The van der Waals surface area contributed by atoms with Crippen molar-refractivity contribution in [3.8, 4) is 0 Å². The van der Waals surface area contributed by atoms with Crippen LogP contribution in [0.2, 0.25) is 0 Å². The Morgan fingerprint density at radius 2 is 2.38 bits per heavy atom. The average Bonchev–Trinajstić information content (AvgIpc) is 2.51. The fourth-order valence-electron chi connectivity index (χ4n) is 1.59. The smallest absolute Gasteiger partial charge is 0.222 e. The molecule has 0 aromatic carbocycles. The van der Waals surface area contributed by atoms with Gasteiger partial charge in [0.05, 0.1) is 0 Å². The molecule has 1 aliphatic rings. The number of nitrogens with zero attached hydrogens (tertiary/aromatic N) is 1. The first-order valence-corrected chi connectivity index (χ1v) is 5.16. The van der Waals surface area contributed by atoms with Crippen LogP contribution in [0.5, 0.6) is 0 Å². The second-order valence-corrected chi connectivity index (χ2v) is 4.11. The molecule has 1 heterocycles. The third-order valence-electron chi connectivity index (χ3n) is 2.80. The molecule has 1 unspecified atom stereocenters. The molecule has 1 aliphatic heterocycles. The van der Waals surface area contributed by atoms with Gasteiger partial charge in [-0.05, 0) is 12.3 Å². The lowest BCUT2D eigenvalue weighted by atomic mass is 10.0. The lowest BCUT2D eigenvalue weighted by Gasteiger charge is -2.17. The molecule has 0 aromatic heterocycles. The molecule has 1 rings (SSSR count). The van der Waals surface area contributed by atoms with Crippen LogP contribution in [-0.2, 0) is 4.79 Å². The minimum Gasteiger partial charge on any atom is -0.341 e. The van der Waals surface area contributed by atoms with Gasteiger partial charge in [0.1, 0.15) is 0 Å². The van der Waals surface area contributed by atoms with E-state index in [1.165, 1.54) is 0 Å². The normalized spacial score (nSPS) is 24.8. The number of hydrogen-bond acceptors (Lipinski definition) is 2. The van der Waals surface area contributed by atoms with Crippen LogP contribution in [0.4, 0.5) is 0 Å². The Morgan fingerprint density at radius 3 is 2.85 bits per heavy atom. The summed E-state index contributed by atoms with van der Waals surface area (Å²) in [5.41, 5.74) is 5.73. The van der Waals surface area contributed by atoms with E-state index >= 15 is 0 Å². The summed E-state index contributed by atoms with van der Waals surface area (Å²) in [7, 11) is 0. The average molecular weight is 184 g/mol. The molecule has 1 amide bonds. The molecule has 0 aliphatic carbocycles. The van der Waals surface area contributed by atoms with Crippen LogP contribution in [0.1, 0.15) is 33.1 Å². The van der Waals surface area contributed by atoms with Gasteiger partial charge in [-0.15, -0.1) is 0 Å². The monoisotopic (exact) mass is 184 g/mol. The van der Waals surface area contributed by atoms with Crippen LogP contribution in [0, 0.1) is 5.92 Å². The van der Waals surface area contributed by atoms with Gasteiger partial charge in [0.2, 0.25) is 5.91 Å². The maximum absolute atomic E-state index is 11.6. The van der Waals surface area contributed by atoms with Crippen LogP contribution in [-0.4, -0.2) is 29.9 Å². The first-order valence-electron chi connectivity index (χ1n) is 5.16. The van der Waals surface area contributed by atoms with Gasteiger partial charge in [0, 0.05) is 25.6 Å². The van der Waals surface area contributed by atoms with Gasteiger partial charge >= 0.3 is 0 Å². The second kappa shape index (κ2) is 4.61. The number of likely N-dealkylation sites (tertiary alicyclic amines) is 1. The summed E-state index contributed by atoms with van der Waals surface area (Å²) in [4.78, 5) is 13.5. The van der Waals surface area contributed by atoms with E-state index in [1.54, 1.807) is 0 Å². The maximum Gasteiger partial charge on any atom is 0.222 e. The number of amides is 1. The number of carbonyl (C=O) groups excluding carboxylic acids is 1. The van der Waals surface area contributed by atoms with Crippen molar-refractivity contribution in [3.63, 3.8) is 0 Å². The van der Waals surface area contributed by atoms with E-state index in [4.69, 9.17) is 5.73 Å². The fourth-order valence-corrected chi connectivity index (χ4v) is 1.59. The zero-order valence-electron chi connectivity index (χ0n) is 8.62. The first-order chi connectivity index (χ1) is 6.13. The largest absolute Gasteiger partial charge is 0.341 e. The van der Waals surface area contributed by atoms with E-state index in [2.05, 4.69) is 13.8 Å². The minimum atomic E-state index is 0.209.